The Hall–Kier alpha value is -3.21. The molecule has 3 N–H and O–H groups in total. The van der Waals surface area contributed by atoms with Crippen LogP contribution in [0.25, 0.3) is 6.08 Å². The zero-order chi connectivity index (χ0) is 21.4. The Morgan fingerprint density at radius 3 is 2.55 bits per heavy atom. The van der Waals surface area contributed by atoms with Gasteiger partial charge in [-0.15, -0.1) is 0 Å². The van der Waals surface area contributed by atoms with Crippen molar-refractivity contribution in [3.8, 4) is 17.6 Å². The van der Waals surface area contributed by atoms with Gasteiger partial charge in [0, 0.05) is 10.6 Å². The molecule has 0 fully saturated rings. The van der Waals surface area contributed by atoms with Gasteiger partial charge < -0.3 is 15.2 Å². The average molecular weight is 434 g/mol. The molecule has 29 heavy (non-hydrogen) atoms. The summed E-state index contributed by atoms with van der Waals surface area (Å²) in [5.74, 6) is -0.301. The van der Waals surface area contributed by atoms with E-state index in [1.54, 1.807) is 25.1 Å². The normalized spacial score (nSPS) is 10.8. The SMILES string of the molecule is CCOc1cc(/C=C(/C#N)C(=O)NC(N)=O)cc(Cl)c1OCc1ccccc1Cl. The lowest BCUT2D eigenvalue weighted by atomic mass is 10.1. The van der Waals surface area contributed by atoms with Crippen molar-refractivity contribution in [2.45, 2.75) is 13.5 Å². The van der Waals surface area contributed by atoms with E-state index in [0.717, 1.165) is 5.56 Å². The fourth-order valence-corrected chi connectivity index (χ4v) is 2.80. The van der Waals surface area contributed by atoms with Crippen LogP contribution in [0.4, 0.5) is 4.79 Å². The van der Waals surface area contributed by atoms with E-state index in [0.29, 0.717) is 28.7 Å². The van der Waals surface area contributed by atoms with Crippen molar-refractivity contribution in [3.05, 3.63) is 63.1 Å². The largest absolute Gasteiger partial charge is 0.490 e. The van der Waals surface area contributed by atoms with Crippen LogP contribution in [0.3, 0.4) is 0 Å². The van der Waals surface area contributed by atoms with Gasteiger partial charge >= 0.3 is 6.03 Å². The number of carbonyl (C=O) groups is 2. The number of primary amides is 1. The molecule has 0 aliphatic rings. The van der Waals surface area contributed by atoms with E-state index >= 15 is 0 Å². The molecule has 0 heterocycles. The van der Waals surface area contributed by atoms with Crippen LogP contribution in [0.1, 0.15) is 18.1 Å². The van der Waals surface area contributed by atoms with Crippen molar-refractivity contribution in [2.24, 2.45) is 5.73 Å². The summed E-state index contributed by atoms with van der Waals surface area (Å²) in [5, 5.41) is 11.8. The average Bonchev–Trinajstić information content (AvgIpc) is 2.66. The Morgan fingerprint density at radius 2 is 1.93 bits per heavy atom. The summed E-state index contributed by atoms with van der Waals surface area (Å²) in [4.78, 5) is 22.7. The fourth-order valence-electron chi connectivity index (χ4n) is 2.33. The maximum atomic E-state index is 11.8. The van der Waals surface area contributed by atoms with Crippen LogP contribution in [0, 0.1) is 11.3 Å². The Morgan fingerprint density at radius 1 is 1.21 bits per heavy atom. The molecule has 2 aromatic rings. The van der Waals surface area contributed by atoms with Crippen LogP contribution in [0.2, 0.25) is 10.0 Å². The Balaban J connectivity index is 2.35. The third-order valence-electron chi connectivity index (χ3n) is 3.57. The molecule has 7 nitrogen and oxygen atoms in total. The Labute approximate surface area is 177 Å². The summed E-state index contributed by atoms with van der Waals surface area (Å²) in [7, 11) is 0. The molecular weight excluding hydrogens is 417 g/mol. The number of urea groups is 1. The van der Waals surface area contributed by atoms with Gasteiger partial charge in [-0.3, -0.25) is 10.1 Å². The highest BCUT2D eigenvalue weighted by atomic mass is 35.5. The molecule has 2 aromatic carbocycles. The maximum Gasteiger partial charge on any atom is 0.319 e. The molecule has 0 aromatic heterocycles. The molecule has 0 unspecified atom stereocenters. The number of hydrogen-bond donors (Lipinski definition) is 2. The Kier molecular flexibility index (Phi) is 7.89. The molecule has 0 aliphatic carbocycles. The number of hydrogen-bond acceptors (Lipinski definition) is 5. The lowest BCUT2D eigenvalue weighted by molar-refractivity contribution is -0.115. The van der Waals surface area contributed by atoms with E-state index in [9.17, 15) is 14.9 Å². The monoisotopic (exact) mass is 433 g/mol. The van der Waals surface area contributed by atoms with E-state index < -0.39 is 11.9 Å². The van der Waals surface area contributed by atoms with Crippen LogP contribution in [0.5, 0.6) is 11.5 Å². The molecule has 9 heteroatoms. The lowest BCUT2D eigenvalue weighted by Gasteiger charge is -2.15. The highest BCUT2D eigenvalue weighted by Crippen LogP contribution is 2.38. The number of nitrogens with two attached hydrogens (primary N) is 1. The second-order valence-electron chi connectivity index (χ2n) is 5.63. The van der Waals surface area contributed by atoms with Crippen molar-refractivity contribution in [2.75, 3.05) is 6.61 Å². The fraction of sp³-hybridized carbons (Fsp3) is 0.150. The molecule has 0 atom stereocenters. The molecule has 2 rings (SSSR count). The first-order valence-electron chi connectivity index (χ1n) is 8.40. The highest BCUT2D eigenvalue weighted by Gasteiger charge is 2.16. The molecule has 0 saturated heterocycles. The lowest BCUT2D eigenvalue weighted by Crippen LogP contribution is -2.35. The smallest absolute Gasteiger partial charge is 0.319 e. The minimum Gasteiger partial charge on any atom is -0.490 e. The van der Waals surface area contributed by atoms with Gasteiger partial charge in [-0.1, -0.05) is 41.4 Å². The van der Waals surface area contributed by atoms with Crippen LogP contribution < -0.4 is 20.5 Å². The van der Waals surface area contributed by atoms with Crippen molar-refractivity contribution in [1.29, 1.82) is 5.26 Å². The first-order chi connectivity index (χ1) is 13.8. The van der Waals surface area contributed by atoms with E-state index in [-0.39, 0.29) is 17.2 Å². The minimum atomic E-state index is -1.06. The predicted octanol–water partition coefficient (Wildman–Crippen LogP) is 4.07. The Bertz CT molecular complexity index is 1000. The molecule has 3 amide bonds. The van der Waals surface area contributed by atoms with Crippen LogP contribution in [0.15, 0.2) is 42.0 Å². The quantitative estimate of drug-likeness (QED) is 0.504. The predicted molar refractivity (Wildman–Crippen MR) is 110 cm³/mol. The van der Waals surface area contributed by atoms with Crippen LogP contribution in [-0.4, -0.2) is 18.5 Å². The van der Waals surface area contributed by atoms with E-state index in [4.69, 9.17) is 38.4 Å². The summed E-state index contributed by atoms with van der Waals surface area (Å²) >= 11 is 12.5. The van der Waals surface area contributed by atoms with E-state index in [2.05, 4.69) is 0 Å². The van der Waals surface area contributed by atoms with Gasteiger partial charge in [0.2, 0.25) is 0 Å². The summed E-state index contributed by atoms with van der Waals surface area (Å²) < 4.78 is 11.4. The highest BCUT2D eigenvalue weighted by molar-refractivity contribution is 6.32. The van der Waals surface area contributed by atoms with E-state index in [1.807, 2.05) is 23.5 Å². The molecule has 150 valence electrons. The van der Waals surface area contributed by atoms with E-state index in [1.165, 1.54) is 12.1 Å². The first kappa shape index (κ1) is 22.1. The number of halogens is 2. The summed E-state index contributed by atoms with van der Waals surface area (Å²) in [5.41, 5.74) is 5.75. The van der Waals surface area contributed by atoms with Gasteiger partial charge in [0.15, 0.2) is 11.5 Å². The zero-order valence-corrected chi connectivity index (χ0v) is 16.9. The minimum absolute atomic E-state index is 0.166. The van der Waals surface area contributed by atoms with Crippen molar-refractivity contribution in [3.63, 3.8) is 0 Å². The number of nitrogens with one attached hydrogen (secondary N) is 1. The van der Waals surface area contributed by atoms with Crippen LogP contribution >= 0.6 is 23.2 Å². The van der Waals surface area contributed by atoms with Gasteiger partial charge in [-0.2, -0.15) is 5.26 Å². The number of nitrogens with zero attached hydrogens (tertiary/aromatic N) is 1. The molecule has 0 spiro atoms. The van der Waals surface area contributed by atoms with Gasteiger partial charge in [0.05, 0.1) is 11.6 Å². The number of carbonyl (C=O) groups excluding carboxylic acids is 2. The van der Waals surface area contributed by atoms with Gasteiger partial charge in [0.1, 0.15) is 18.2 Å². The standard InChI is InChI=1S/C20H17Cl2N3O4/c1-2-28-17-9-12(7-14(10-23)19(26)25-20(24)27)8-16(22)18(17)29-11-13-5-3-4-6-15(13)21/h3-9H,2,11H2,1H3,(H3,24,25,26,27)/b14-7-. The van der Waals surface area contributed by atoms with Gasteiger partial charge in [-0.25, -0.2) is 4.79 Å². The second kappa shape index (κ2) is 10.4. The van der Waals surface area contributed by atoms with Crippen molar-refractivity contribution in [1.82, 2.24) is 5.32 Å². The third kappa shape index (κ3) is 6.14. The summed E-state index contributed by atoms with van der Waals surface area (Å²) in [6.45, 7) is 2.29. The first-order valence-corrected chi connectivity index (χ1v) is 9.16. The van der Waals surface area contributed by atoms with Gasteiger partial charge in [-0.05, 0) is 36.8 Å². The van der Waals surface area contributed by atoms with Crippen LogP contribution in [-0.2, 0) is 11.4 Å². The molecular formula is C20H17Cl2N3O4. The maximum absolute atomic E-state index is 11.8. The number of rotatable bonds is 7. The number of benzene rings is 2. The number of nitriles is 1. The molecule has 0 aliphatic heterocycles. The number of amides is 3. The summed E-state index contributed by atoms with van der Waals surface area (Å²) in [6.07, 6.45) is 1.25. The number of ether oxygens (including phenoxy) is 2. The van der Waals surface area contributed by atoms with Gasteiger partial charge in [0.25, 0.3) is 5.91 Å². The van der Waals surface area contributed by atoms with Crippen molar-refractivity contribution < 1.29 is 19.1 Å². The molecule has 0 bridgehead atoms. The number of imide groups is 1. The second-order valence-corrected chi connectivity index (χ2v) is 6.45. The summed E-state index contributed by atoms with van der Waals surface area (Å²) in [6, 6.07) is 10.9. The molecule has 0 saturated carbocycles. The van der Waals surface area contributed by atoms with Crippen molar-refractivity contribution >= 4 is 41.2 Å². The third-order valence-corrected chi connectivity index (χ3v) is 4.22. The topological polar surface area (TPSA) is 114 Å². The molecule has 0 radical (unpaired) electrons. The zero-order valence-electron chi connectivity index (χ0n) is 15.4.